The SMILES string of the molecule is CC(C)N(C(C)C)C1(C)SS1. The van der Waals surface area contributed by atoms with E-state index in [1.165, 1.54) is 0 Å². The molecule has 0 saturated carbocycles. The molecule has 1 nitrogen and oxygen atoms in total. The van der Waals surface area contributed by atoms with E-state index in [0.717, 1.165) is 0 Å². The summed E-state index contributed by atoms with van der Waals surface area (Å²) in [6.07, 6.45) is 0. The molecule has 0 spiro atoms. The van der Waals surface area contributed by atoms with Crippen molar-refractivity contribution >= 4 is 21.6 Å². The Labute approximate surface area is 77.7 Å². The number of nitrogens with zero attached hydrogens (tertiary/aromatic N) is 1. The molecule has 11 heavy (non-hydrogen) atoms. The highest BCUT2D eigenvalue weighted by Gasteiger charge is 2.48. The van der Waals surface area contributed by atoms with Crippen LogP contribution >= 0.6 is 21.6 Å². The van der Waals surface area contributed by atoms with Gasteiger partial charge in [-0.15, -0.1) is 0 Å². The predicted molar refractivity (Wildman–Crippen MR) is 55.7 cm³/mol. The molecule has 0 aliphatic carbocycles. The molecular formula is C8H17NS2. The monoisotopic (exact) mass is 191 g/mol. The molecule has 0 aromatic rings. The molecule has 1 heterocycles. The van der Waals surface area contributed by atoms with Crippen molar-refractivity contribution in [1.29, 1.82) is 0 Å². The van der Waals surface area contributed by atoms with E-state index in [4.69, 9.17) is 0 Å². The lowest BCUT2D eigenvalue weighted by molar-refractivity contribution is 0.157. The van der Waals surface area contributed by atoms with Gasteiger partial charge in [-0.2, -0.15) is 0 Å². The van der Waals surface area contributed by atoms with Gasteiger partial charge in [-0.25, -0.2) is 0 Å². The van der Waals surface area contributed by atoms with Crippen LogP contribution in [0.5, 0.6) is 0 Å². The second-order valence-electron chi connectivity index (χ2n) is 3.66. The molecule has 0 N–H and O–H groups in total. The molecule has 1 aliphatic heterocycles. The lowest BCUT2D eigenvalue weighted by atomic mass is 10.2. The first-order valence-electron chi connectivity index (χ1n) is 4.12. The summed E-state index contributed by atoms with van der Waals surface area (Å²) in [5.41, 5.74) is 0. The van der Waals surface area contributed by atoms with E-state index < -0.39 is 0 Å². The molecule has 1 rings (SSSR count). The molecule has 0 radical (unpaired) electrons. The smallest absolute Gasteiger partial charge is 0.132 e. The van der Waals surface area contributed by atoms with Gasteiger partial charge in [0.15, 0.2) is 0 Å². The highest BCUT2D eigenvalue weighted by molar-refractivity contribution is 8.93. The first kappa shape index (κ1) is 9.75. The third-order valence-electron chi connectivity index (χ3n) is 1.91. The molecular weight excluding hydrogens is 174 g/mol. The minimum atomic E-state index is 0.377. The van der Waals surface area contributed by atoms with Gasteiger partial charge in [0.05, 0.1) is 0 Å². The highest BCUT2D eigenvalue weighted by atomic mass is 33.2. The summed E-state index contributed by atoms with van der Waals surface area (Å²) >= 11 is 0. The van der Waals surface area contributed by atoms with Gasteiger partial charge < -0.3 is 0 Å². The maximum Gasteiger partial charge on any atom is 0.132 e. The van der Waals surface area contributed by atoms with Gasteiger partial charge in [0.25, 0.3) is 0 Å². The van der Waals surface area contributed by atoms with Crippen LogP contribution in [0, 0.1) is 0 Å². The summed E-state index contributed by atoms with van der Waals surface area (Å²) in [7, 11) is 3.96. The first-order valence-corrected chi connectivity index (χ1v) is 6.27. The molecule has 0 amide bonds. The average molecular weight is 191 g/mol. The second kappa shape index (κ2) is 3.19. The zero-order chi connectivity index (χ0) is 8.65. The molecule has 0 atom stereocenters. The van der Waals surface area contributed by atoms with Crippen LogP contribution in [0.25, 0.3) is 0 Å². The van der Waals surface area contributed by atoms with Crippen molar-refractivity contribution in [2.45, 2.75) is 50.9 Å². The summed E-state index contributed by atoms with van der Waals surface area (Å²) in [6.45, 7) is 11.4. The van der Waals surface area contributed by atoms with Gasteiger partial charge >= 0.3 is 0 Å². The van der Waals surface area contributed by atoms with Gasteiger partial charge in [-0.05, 0) is 34.6 Å². The van der Waals surface area contributed by atoms with Crippen LogP contribution in [0.1, 0.15) is 34.6 Å². The van der Waals surface area contributed by atoms with Crippen LogP contribution in [0.2, 0.25) is 0 Å². The first-order chi connectivity index (χ1) is 4.97. The van der Waals surface area contributed by atoms with E-state index in [1.807, 2.05) is 21.6 Å². The molecule has 3 heteroatoms. The maximum absolute atomic E-state index is 2.56. The van der Waals surface area contributed by atoms with Crippen LogP contribution in [0.3, 0.4) is 0 Å². The summed E-state index contributed by atoms with van der Waals surface area (Å²) in [6, 6.07) is 1.31. The van der Waals surface area contributed by atoms with Crippen molar-refractivity contribution in [3.63, 3.8) is 0 Å². The molecule has 1 saturated heterocycles. The summed E-state index contributed by atoms with van der Waals surface area (Å²) in [5.74, 6) is 0. The van der Waals surface area contributed by atoms with Crippen molar-refractivity contribution < 1.29 is 0 Å². The molecule has 66 valence electrons. The highest BCUT2D eigenvalue weighted by Crippen LogP contribution is 2.66. The maximum atomic E-state index is 2.56. The van der Waals surface area contributed by atoms with E-state index in [1.54, 1.807) is 0 Å². The molecule has 1 aliphatic rings. The van der Waals surface area contributed by atoms with E-state index in [2.05, 4.69) is 39.5 Å². The van der Waals surface area contributed by atoms with Gasteiger partial charge in [-0.3, -0.25) is 4.90 Å². The van der Waals surface area contributed by atoms with E-state index in [0.29, 0.717) is 16.3 Å². The fourth-order valence-electron chi connectivity index (χ4n) is 1.68. The predicted octanol–water partition coefficient (Wildman–Crippen LogP) is 3.17. The van der Waals surface area contributed by atoms with E-state index >= 15 is 0 Å². The van der Waals surface area contributed by atoms with Gasteiger partial charge in [0.1, 0.15) is 4.20 Å². The lowest BCUT2D eigenvalue weighted by Crippen LogP contribution is -2.43. The Morgan fingerprint density at radius 3 is 1.45 bits per heavy atom. The van der Waals surface area contributed by atoms with E-state index in [-0.39, 0.29) is 0 Å². The molecule has 0 aromatic carbocycles. The number of rotatable bonds is 3. The van der Waals surface area contributed by atoms with Gasteiger partial charge in [-0.1, -0.05) is 21.6 Å². The Kier molecular flexibility index (Phi) is 2.83. The van der Waals surface area contributed by atoms with Gasteiger partial charge in [0, 0.05) is 12.1 Å². The third kappa shape index (κ3) is 2.07. The Morgan fingerprint density at radius 1 is 1.00 bits per heavy atom. The number of hydrogen-bond acceptors (Lipinski definition) is 3. The third-order valence-corrected chi connectivity index (χ3v) is 4.92. The van der Waals surface area contributed by atoms with Crippen LogP contribution < -0.4 is 0 Å². The summed E-state index contributed by atoms with van der Waals surface area (Å²) in [4.78, 5) is 2.56. The Hall–Kier alpha value is 0.660. The summed E-state index contributed by atoms with van der Waals surface area (Å²) in [5, 5.41) is 0. The Bertz CT molecular complexity index is 133. The average Bonchev–Trinajstić information content (AvgIpc) is 2.44. The number of hydrogen-bond donors (Lipinski definition) is 0. The van der Waals surface area contributed by atoms with Crippen molar-refractivity contribution in [3.8, 4) is 0 Å². The minimum Gasteiger partial charge on any atom is -0.275 e. The molecule has 0 bridgehead atoms. The van der Waals surface area contributed by atoms with Crippen molar-refractivity contribution in [1.82, 2.24) is 4.90 Å². The fourth-order valence-corrected chi connectivity index (χ4v) is 3.69. The van der Waals surface area contributed by atoms with Crippen LogP contribution in [-0.2, 0) is 0 Å². The normalized spacial score (nSPS) is 21.8. The van der Waals surface area contributed by atoms with Crippen molar-refractivity contribution in [2.75, 3.05) is 0 Å². The topological polar surface area (TPSA) is 3.24 Å². The Balaban J connectivity index is 2.60. The van der Waals surface area contributed by atoms with Crippen LogP contribution in [-0.4, -0.2) is 21.2 Å². The van der Waals surface area contributed by atoms with E-state index in [9.17, 15) is 0 Å². The van der Waals surface area contributed by atoms with Crippen molar-refractivity contribution in [3.05, 3.63) is 0 Å². The molecule has 0 unspecified atom stereocenters. The van der Waals surface area contributed by atoms with Crippen LogP contribution in [0.4, 0.5) is 0 Å². The zero-order valence-corrected chi connectivity index (χ0v) is 9.55. The minimum absolute atomic E-state index is 0.377. The second-order valence-corrected chi connectivity index (χ2v) is 6.84. The largest absolute Gasteiger partial charge is 0.275 e. The van der Waals surface area contributed by atoms with Crippen LogP contribution in [0.15, 0.2) is 0 Å². The zero-order valence-electron chi connectivity index (χ0n) is 7.92. The fraction of sp³-hybridized carbons (Fsp3) is 1.00. The molecule has 1 fully saturated rings. The van der Waals surface area contributed by atoms with Gasteiger partial charge in [0.2, 0.25) is 0 Å². The standard InChI is InChI=1S/C8H17NS2/c1-6(2)9(7(3)4)8(5)10-11-8/h6-7H,1-5H3. The Morgan fingerprint density at radius 2 is 1.36 bits per heavy atom. The molecule has 0 aromatic heterocycles. The quantitative estimate of drug-likeness (QED) is 0.498. The summed E-state index contributed by atoms with van der Waals surface area (Å²) < 4.78 is 0.377. The lowest BCUT2D eigenvalue weighted by Gasteiger charge is -2.34. The van der Waals surface area contributed by atoms with Crippen molar-refractivity contribution in [2.24, 2.45) is 0 Å².